The van der Waals surface area contributed by atoms with E-state index in [1.165, 1.54) is 17.3 Å². The van der Waals surface area contributed by atoms with Crippen LogP contribution in [0.15, 0.2) is 71.9 Å². The normalized spacial score (nSPS) is 11.8. The van der Waals surface area contributed by atoms with Crippen molar-refractivity contribution in [2.24, 2.45) is 0 Å². The molecule has 0 aliphatic rings. The molecule has 0 bridgehead atoms. The number of carbonyl (C=O) groups is 1. The lowest BCUT2D eigenvalue weighted by Crippen LogP contribution is -2.24. The number of anilines is 1. The highest BCUT2D eigenvalue weighted by Gasteiger charge is 2.22. The van der Waals surface area contributed by atoms with Crippen LogP contribution in [-0.2, 0) is 4.79 Å². The predicted octanol–water partition coefficient (Wildman–Crippen LogP) is 5.99. The van der Waals surface area contributed by atoms with Crippen molar-refractivity contribution >= 4 is 23.4 Å². The fourth-order valence-corrected chi connectivity index (χ4v) is 4.76. The molecule has 0 saturated carbocycles. The number of rotatable bonds is 7. The molecule has 1 aromatic heterocycles. The van der Waals surface area contributed by atoms with Gasteiger partial charge in [-0.15, -0.1) is 10.2 Å². The Bertz CT molecular complexity index is 1280. The summed E-state index contributed by atoms with van der Waals surface area (Å²) in [6.07, 6.45) is 0. The molecule has 1 heterocycles. The predicted molar refractivity (Wildman–Crippen MR) is 138 cm³/mol. The van der Waals surface area contributed by atoms with Gasteiger partial charge >= 0.3 is 0 Å². The van der Waals surface area contributed by atoms with Crippen molar-refractivity contribution in [3.8, 4) is 22.8 Å². The Morgan fingerprint density at radius 1 is 0.971 bits per heavy atom. The first-order valence-electron chi connectivity index (χ1n) is 11.1. The first kappa shape index (κ1) is 23.6. The van der Waals surface area contributed by atoms with E-state index >= 15 is 0 Å². The second-order valence-electron chi connectivity index (χ2n) is 8.23. The van der Waals surface area contributed by atoms with Gasteiger partial charge in [0.05, 0.1) is 12.4 Å². The molecular formula is C27H28N4O2S. The number of hydrogen-bond donors (Lipinski definition) is 1. The minimum Gasteiger partial charge on any atom is -0.497 e. The molecule has 1 amide bonds. The number of nitrogens with zero attached hydrogens (tertiary/aromatic N) is 3. The SMILES string of the molecule is COc1ccc(-c2nnc(SC(C)C(=O)Nc3c(C)cc(C)cc3C)n2-c2ccccc2)cc1. The van der Waals surface area contributed by atoms with E-state index in [0.29, 0.717) is 11.0 Å². The van der Waals surface area contributed by atoms with Gasteiger partial charge in [-0.3, -0.25) is 9.36 Å². The third-order valence-electron chi connectivity index (χ3n) is 5.57. The van der Waals surface area contributed by atoms with Crippen molar-refractivity contribution in [3.63, 3.8) is 0 Å². The quantitative estimate of drug-likeness (QED) is 0.335. The van der Waals surface area contributed by atoms with Gasteiger partial charge in [-0.05, 0) is 75.2 Å². The lowest BCUT2D eigenvalue weighted by Gasteiger charge is -2.17. The molecule has 0 saturated heterocycles. The van der Waals surface area contributed by atoms with Crippen LogP contribution in [0.4, 0.5) is 5.69 Å². The molecule has 174 valence electrons. The van der Waals surface area contributed by atoms with Crippen LogP contribution in [0.2, 0.25) is 0 Å². The van der Waals surface area contributed by atoms with Gasteiger partial charge in [0.2, 0.25) is 5.91 Å². The van der Waals surface area contributed by atoms with Crippen LogP contribution in [0, 0.1) is 20.8 Å². The topological polar surface area (TPSA) is 69.0 Å². The van der Waals surface area contributed by atoms with Crippen molar-refractivity contribution in [1.82, 2.24) is 14.8 Å². The maximum absolute atomic E-state index is 13.1. The van der Waals surface area contributed by atoms with Crippen molar-refractivity contribution in [2.75, 3.05) is 12.4 Å². The molecule has 34 heavy (non-hydrogen) atoms. The summed E-state index contributed by atoms with van der Waals surface area (Å²) in [5.41, 5.74) is 5.99. The number of hydrogen-bond acceptors (Lipinski definition) is 5. The maximum Gasteiger partial charge on any atom is 0.237 e. The van der Waals surface area contributed by atoms with E-state index in [2.05, 4.69) is 34.6 Å². The van der Waals surface area contributed by atoms with E-state index in [0.717, 1.165) is 33.8 Å². The summed E-state index contributed by atoms with van der Waals surface area (Å²) in [5.74, 6) is 1.40. The van der Waals surface area contributed by atoms with Crippen molar-refractivity contribution in [2.45, 2.75) is 38.1 Å². The zero-order valence-corrected chi connectivity index (χ0v) is 20.8. The fourth-order valence-electron chi connectivity index (χ4n) is 3.90. The van der Waals surface area contributed by atoms with Gasteiger partial charge in [0.1, 0.15) is 5.75 Å². The van der Waals surface area contributed by atoms with E-state index in [1.54, 1.807) is 7.11 Å². The van der Waals surface area contributed by atoms with Crippen LogP contribution in [0.5, 0.6) is 5.75 Å². The average Bonchev–Trinajstić information content (AvgIpc) is 3.25. The molecule has 4 aromatic rings. The number of benzene rings is 3. The number of thioether (sulfide) groups is 1. The van der Waals surface area contributed by atoms with Gasteiger partial charge in [-0.2, -0.15) is 0 Å². The van der Waals surface area contributed by atoms with Crippen LogP contribution in [0.25, 0.3) is 17.1 Å². The molecule has 0 fully saturated rings. The van der Waals surface area contributed by atoms with Crippen LogP contribution in [0.1, 0.15) is 23.6 Å². The summed E-state index contributed by atoms with van der Waals surface area (Å²) in [4.78, 5) is 13.1. The number of ether oxygens (including phenoxy) is 1. The summed E-state index contributed by atoms with van der Waals surface area (Å²) < 4.78 is 7.27. The second-order valence-corrected chi connectivity index (χ2v) is 9.54. The third-order valence-corrected chi connectivity index (χ3v) is 6.62. The van der Waals surface area contributed by atoms with Gasteiger partial charge < -0.3 is 10.1 Å². The van der Waals surface area contributed by atoms with E-state index in [-0.39, 0.29) is 11.2 Å². The van der Waals surface area contributed by atoms with Gasteiger partial charge in [-0.1, -0.05) is 47.7 Å². The van der Waals surface area contributed by atoms with Crippen LogP contribution < -0.4 is 10.1 Å². The molecule has 4 rings (SSSR count). The summed E-state index contributed by atoms with van der Waals surface area (Å²) >= 11 is 1.38. The van der Waals surface area contributed by atoms with Crippen molar-refractivity contribution in [1.29, 1.82) is 0 Å². The highest BCUT2D eigenvalue weighted by Crippen LogP contribution is 2.32. The Hall–Kier alpha value is -3.58. The molecule has 1 N–H and O–H groups in total. The van der Waals surface area contributed by atoms with Crippen molar-refractivity contribution in [3.05, 3.63) is 83.4 Å². The number of para-hydroxylation sites is 1. The number of carbonyl (C=O) groups excluding carboxylic acids is 1. The number of methoxy groups -OCH3 is 1. The molecule has 1 unspecified atom stereocenters. The molecular weight excluding hydrogens is 444 g/mol. The van der Waals surface area contributed by atoms with Gasteiger partial charge in [0.25, 0.3) is 0 Å². The zero-order chi connectivity index (χ0) is 24.2. The second kappa shape index (κ2) is 10.1. The fraction of sp³-hybridized carbons (Fsp3) is 0.222. The number of nitrogens with one attached hydrogen (secondary N) is 1. The first-order chi connectivity index (χ1) is 16.4. The Labute approximate surface area is 204 Å². The smallest absolute Gasteiger partial charge is 0.237 e. The van der Waals surface area contributed by atoms with Gasteiger partial charge in [0, 0.05) is 16.9 Å². The highest BCUT2D eigenvalue weighted by atomic mass is 32.2. The molecule has 3 aromatic carbocycles. The van der Waals surface area contributed by atoms with Crippen LogP contribution >= 0.6 is 11.8 Å². The lowest BCUT2D eigenvalue weighted by molar-refractivity contribution is -0.115. The molecule has 1 atom stereocenters. The summed E-state index contributed by atoms with van der Waals surface area (Å²) in [7, 11) is 1.64. The summed E-state index contributed by atoms with van der Waals surface area (Å²) in [6.45, 7) is 7.97. The summed E-state index contributed by atoms with van der Waals surface area (Å²) in [6, 6.07) is 21.8. The largest absolute Gasteiger partial charge is 0.497 e. The van der Waals surface area contributed by atoms with Gasteiger partial charge in [0.15, 0.2) is 11.0 Å². The van der Waals surface area contributed by atoms with Crippen LogP contribution in [-0.4, -0.2) is 33.0 Å². The van der Waals surface area contributed by atoms with E-state index in [9.17, 15) is 4.79 Å². The number of amides is 1. The van der Waals surface area contributed by atoms with E-state index < -0.39 is 0 Å². The van der Waals surface area contributed by atoms with Gasteiger partial charge in [-0.25, -0.2) is 0 Å². The Balaban J connectivity index is 1.64. The minimum absolute atomic E-state index is 0.0753. The standard InChI is InChI=1S/C27H28N4O2S/c1-17-15-18(2)24(19(3)16-17)28-26(32)20(4)34-27-30-29-25(21-11-13-23(33-5)14-12-21)31(27)22-9-7-6-8-10-22/h6-16,20H,1-5H3,(H,28,32). The van der Waals surface area contributed by atoms with E-state index in [4.69, 9.17) is 4.74 Å². The summed E-state index contributed by atoms with van der Waals surface area (Å²) in [5, 5.41) is 12.3. The number of aromatic nitrogens is 3. The number of aryl methyl sites for hydroxylation is 3. The lowest BCUT2D eigenvalue weighted by atomic mass is 10.1. The molecule has 7 heteroatoms. The Kier molecular flexibility index (Phi) is 7.03. The van der Waals surface area contributed by atoms with Crippen LogP contribution in [0.3, 0.4) is 0 Å². The highest BCUT2D eigenvalue weighted by molar-refractivity contribution is 8.00. The molecule has 0 spiro atoms. The molecule has 0 radical (unpaired) electrons. The minimum atomic E-state index is -0.379. The van der Waals surface area contributed by atoms with E-state index in [1.807, 2.05) is 79.9 Å². The molecule has 0 aliphatic heterocycles. The third kappa shape index (κ3) is 4.99. The Morgan fingerprint density at radius 3 is 2.24 bits per heavy atom. The maximum atomic E-state index is 13.1. The average molecular weight is 473 g/mol. The van der Waals surface area contributed by atoms with Crippen molar-refractivity contribution < 1.29 is 9.53 Å². The molecule has 6 nitrogen and oxygen atoms in total. The zero-order valence-electron chi connectivity index (χ0n) is 20.0. The Morgan fingerprint density at radius 2 is 1.62 bits per heavy atom. The molecule has 0 aliphatic carbocycles. The monoisotopic (exact) mass is 472 g/mol. The first-order valence-corrected chi connectivity index (χ1v) is 12.0.